The van der Waals surface area contributed by atoms with E-state index in [9.17, 15) is 0 Å². The van der Waals surface area contributed by atoms with Gasteiger partial charge >= 0.3 is 0 Å². The molecule has 1 aromatic heterocycles. The molecular formula is C15H21NO2. The lowest BCUT2D eigenvalue weighted by Gasteiger charge is -2.08. The van der Waals surface area contributed by atoms with E-state index >= 15 is 0 Å². The van der Waals surface area contributed by atoms with Gasteiger partial charge in [0.25, 0.3) is 0 Å². The summed E-state index contributed by atoms with van der Waals surface area (Å²) in [5.41, 5.74) is 4.01. The van der Waals surface area contributed by atoms with Crippen LogP contribution in [0.2, 0.25) is 0 Å². The molecule has 0 fully saturated rings. The van der Waals surface area contributed by atoms with Crippen LogP contribution in [-0.4, -0.2) is 18.8 Å². The molecule has 3 nitrogen and oxygen atoms in total. The zero-order valence-electron chi connectivity index (χ0n) is 11.8. The van der Waals surface area contributed by atoms with Crippen LogP contribution >= 0.6 is 0 Å². The Kier molecular flexibility index (Phi) is 3.50. The van der Waals surface area contributed by atoms with Gasteiger partial charge in [0.15, 0.2) is 11.5 Å². The second-order valence-corrected chi connectivity index (χ2v) is 4.42. The molecule has 0 bridgehead atoms. The van der Waals surface area contributed by atoms with E-state index in [4.69, 9.17) is 9.47 Å². The van der Waals surface area contributed by atoms with Crippen LogP contribution in [0.4, 0.5) is 0 Å². The average molecular weight is 247 g/mol. The molecule has 0 saturated carbocycles. The Morgan fingerprint density at radius 1 is 1.00 bits per heavy atom. The lowest BCUT2D eigenvalue weighted by molar-refractivity contribution is 0.355. The number of hydrogen-bond donors (Lipinski definition) is 0. The molecule has 0 amide bonds. The van der Waals surface area contributed by atoms with Gasteiger partial charge in [0.2, 0.25) is 0 Å². The van der Waals surface area contributed by atoms with Gasteiger partial charge in [-0.1, -0.05) is 13.8 Å². The van der Waals surface area contributed by atoms with E-state index in [1.807, 2.05) is 0 Å². The van der Waals surface area contributed by atoms with E-state index in [-0.39, 0.29) is 0 Å². The Morgan fingerprint density at radius 3 is 2.11 bits per heavy atom. The van der Waals surface area contributed by atoms with Crippen molar-refractivity contribution in [3.63, 3.8) is 0 Å². The summed E-state index contributed by atoms with van der Waals surface area (Å²) in [4.78, 5) is 0. The van der Waals surface area contributed by atoms with Gasteiger partial charge in [-0.15, -0.1) is 0 Å². The number of nitrogens with zero attached hydrogens (tertiary/aromatic N) is 1. The van der Waals surface area contributed by atoms with Crippen LogP contribution in [0, 0.1) is 0 Å². The molecule has 1 heterocycles. The fourth-order valence-electron chi connectivity index (χ4n) is 2.74. The lowest BCUT2D eigenvalue weighted by Crippen LogP contribution is -1.96. The number of rotatable bonds is 4. The van der Waals surface area contributed by atoms with Gasteiger partial charge in [-0.05, 0) is 24.5 Å². The van der Waals surface area contributed by atoms with Gasteiger partial charge in [-0.3, -0.25) is 0 Å². The highest BCUT2D eigenvalue weighted by Crippen LogP contribution is 2.36. The van der Waals surface area contributed by atoms with Crippen LogP contribution in [0.3, 0.4) is 0 Å². The fourth-order valence-corrected chi connectivity index (χ4v) is 2.74. The highest BCUT2D eigenvalue weighted by molar-refractivity contribution is 5.88. The summed E-state index contributed by atoms with van der Waals surface area (Å²) < 4.78 is 13.0. The van der Waals surface area contributed by atoms with Crippen molar-refractivity contribution < 1.29 is 9.47 Å². The summed E-state index contributed by atoms with van der Waals surface area (Å²) in [5, 5.41) is 1.27. The number of methoxy groups -OCH3 is 2. The van der Waals surface area contributed by atoms with Crippen molar-refractivity contribution >= 4 is 10.9 Å². The van der Waals surface area contributed by atoms with E-state index < -0.39 is 0 Å². The second-order valence-electron chi connectivity index (χ2n) is 4.42. The highest BCUT2D eigenvalue weighted by Gasteiger charge is 2.15. The summed E-state index contributed by atoms with van der Waals surface area (Å²) in [6.07, 6.45) is 2.08. The zero-order chi connectivity index (χ0) is 13.3. The normalized spacial score (nSPS) is 10.9. The van der Waals surface area contributed by atoms with E-state index in [0.717, 1.165) is 24.3 Å². The predicted octanol–water partition coefficient (Wildman–Crippen LogP) is 3.32. The number of aryl methyl sites for hydroxylation is 2. The zero-order valence-corrected chi connectivity index (χ0v) is 11.8. The third-order valence-electron chi connectivity index (χ3n) is 3.63. The van der Waals surface area contributed by atoms with Crippen molar-refractivity contribution in [2.24, 2.45) is 7.05 Å². The first-order valence-electron chi connectivity index (χ1n) is 6.40. The van der Waals surface area contributed by atoms with Gasteiger partial charge in [-0.2, -0.15) is 0 Å². The second kappa shape index (κ2) is 4.92. The number of hydrogen-bond acceptors (Lipinski definition) is 2. The molecule has 0 spiro atoms. The van der Waals surface area contributed by atoms with Gasteiger partial charge in [0.1, 0.15) is 0 Å². The Hall–Kier alpha value is -1.64. The topological polar surface area (TPSA) is 23.4 Å². The van der Waals surface area contributed by atoms with E-state index in [0.29, 0.717) is 0 Å². The summed E-state index contributed by atoms with van der Waals surface area (Å²) in [7, 11) is 5.47. The molecule has 0 aliphatic heterocycles. The summed E-state index contributed by atoms with van der Waals surface area (Å²) in [6, 6.07) is 4.15. The molecule has 0 unspecified atom stereocenters. The van der Waals surface area contributed by atoms with E-state index in [1.165, 1.54) is 22.2 Å². The Morgan fingerprint density at radius 2 is 1.61 bits per heavy atom. The third-order valence-corrected chi connectivity index (χ3v) is 3.63. The molecule has 98 valence electrons. The maximum atomic E-state index is 5.39. The smallest absolute Gasteiger partial charge is 0.162 e. The van der Waals surface area contributed by atoms with E-state index in [2.05, 4.69) is 37.6 Å². The summed E-state index contributed by atoms with van der Waals surface area (Å²) >= 11 is 0. The first-order chi connectivity index (χ1) is 8.67. The predicted molar refractivity (Wildman–Crippen MR) is 74.8 cm³/mol. The average Bonchev–Trinajstić information content (AvgIpc) is 2.68. The van der Waals surface area contributed by atoms with Gasteiger partial charge in [0.05, 0.1) is 19.7 Å². The lowest BCUT2D eigenvalue weighted by atomic mass is 10.1. The van der Waals surface area contributed by atoms with Crippen LogP contribution in [0.5, 0.6) is 11.5 Å². The molecule has 0 radical (unpaired) electrons. The van der Waals surface area contributed by atoms with Crippen molar-refractivity contribution in [2.45, 2.75) is 26.7 Å². The fraction of sp³-hybridized carbons (Fsp3) is 0.467. The molecule has 0 atom stereocenters. The molecule has 0 aliphatic carbocycles. The minimum absolute atomic E-state index is 0.788. The number of benzene rings is 1. The largest absolute Gasteiger partial charge is 0.493 e. The van der Waals surface area contributed by atoms with Crippen molar-refractivity contribution in [1.29, 1.82) is 0 Å². The van der Waals surface area contributed by atoms with Crippen molar-refractivity contribution in [3.8, 4) is 11.5 Å². The van der Waals surface area contributed by atoms with Crippen LogP contribution in [0.25, 0.3) is 10.9 Å². The molecular weight excluding hydrogens is 226 g/mol. The Bertz CT molecular complexity index is 570. The molecule has 1 aromatic carbocycles. The Labute approximate surface area is 108 Å². The van der Waals surface area contributed by atoms with Crippen LogP contribution in [0.1, 0.15) is 25.1 Å². The molecule has 2 rings (SSSR count). The third kappa shape index (κ3) is 1.74. The minimum Gasteiger partial charge on any atom is -0.493 e. The first kappa shape index (κ1) is 12.8. The van der Waals surface area contributed by atoms with Gasteiger partial charge in [-0.25, -0.2) is 0 Å². The number of ether oxygens (including phenoxy) is 2. The van der Waals surface area contributed by atoms with Crippen molar-refractivity contribution in [3.05, 3.63) is 23.4 Å². The van der Waals surface area contributed by atoms with E-state index in [1.54, 1.807) is 14.2 Å². The quantitative estimate of drug-likeness (QED) is 0.827. The molecule has 0 saturated heterocycles. The minimum atomic E-state index is 0.788. The van der Waals surface area contributed by atoms with Crippen LogP contribution in [0.15, 0.2) is 12.1 Å². The summed E-state index contributed by atoms with van der Waals surface area (Å²) in [6.45, 7) is 4.40. The van der Waals surface area contributed by atoms with Gasteiger partial charge in [0, 0.05) is 24.2 Å². The molecule has 0 aliphatic rings. The van der Waals surface area contributed by atoms with Gasteiger partial charge < -0.3 is 14.0 Å². The summed E-state index contributed by atoms with van der Waals surface area (Å²) in [5.74, 6) is 1.59. The maximum Gasteiger partial charge on any atom is 0.162 e. The van der Waals surface area contributed by atoms with Crippen molar-refractivity contribution in [2.75, 3.05) is 14.2 Å². The molecule has 2 aromatic rings. The highest BCUT2D eigenvalue weighted by atomic mass is 16.5. The Balaban J connectivity index is 2.82. The molecule has 0 N–H and O–H groups in total. The monoisotopic (exact) mass is 247 g/mol. The van der Waals surface area contributed by atoms with Crippen molar-refractivity contribution in [1.82, 2.24) is 4.57 Å². The standard InChI is InChI=1S/C15H21NO2/c1-6-10-11-8-14(17-4)15(18-5)9-13(11)16(3)12(10)7-2/h8-9H,6-7H2,1-5H3. The van der Waals surface area contributed by atoms with Crippen LogP contribution < -0.4 is 9.47 Å². The first-order valence-corrected chi connectivity index (χ1v) is 6.40. The van der Waals surface area contributed by atoms with Crippen LogP contribution in [-0.2, 0) is 19.9 Å². The number of fused-ring (bicyclic) bond motifs is 1. The molecule has 18 heavy (non-hydrogen) atoms. The molecule has 3 heteroatoms. The maximum absolute atomic E-state index is 5.39. The number of aromatic nitrogens is 1. The SMILES string of the molecule is CCc1c(CC)n(C)c2cc(OC)c(OC)cc12.